The zero-order valence-electron chi connectivity index (χ0n) is 11.0. The minimum Gasteiger partial charge on any atom is -0.383 e. The number of amides is 1. The third-order valence-electron chi connectivity index (χ3n) is 2.77. The van der Waals surface area contributed by atoms with Gasteiger partial charge in [0.25, 0.3) is 0 Å². The highest BCUT2D eigenvalue weighted by Gasteiger charge is 2.21. The molecule has 2 unspecified atom stereocenters. The summed E-state index contributed by atoms with van der Waals surface area (Å²) in [7, 11) is 1.65. The van der Waals surface area contributed by atoms with Crippen LogP contribution in [0.2, 0.25) is 0 Å². The van der Waals surface area contributed by atoms with Crippen molar-refractivity contribution in [3.05, 3.63) is 0 Å². The van der Waals surface area contributed by atoms with Gasteiger partial charge in [0.05, 0.1) is 18.6 Å². The molecule has 0 aromatic carbocycles. The molecule has 0 aliphatic carbocycles. The van der Waals surface area contributed by atoms with Crippen molar-refractivity contribution >= 4 is 5.91 Å². The molecule has 0 fully saturated rings. The second-order valence-electron chi connectivity index (χ2n) is 4.54. The molecule has 4 heteroatoms. The van der Waals surface area contributed by atoms with Crippen LogP contribution in [-0.4, -0.2) is 32.2 Å². The Hall–Kier alpha value is -0.610. The lowest BCUT2D eigenvalue weighted by Gasteiger charge is -2.24. The molecule has 16 heavy (non-hydrogen) atoms. The predicted molar refractivity (Wildman–Crippen MR) is 66.1 cm³/mol. The van der Waals surface area contributed by atoms with E-state index in [0.717, 1.165) is 12.8 Å². The van der Waals surface area contributed by atoms with Gasteiger partial charge in [-0.1, -0.05) is 27.2 Å². The number of carbonyl (C=O) groups excluding carboxylic acids is 1. The van der Waals surface area contributed by atoms with E-state index in [-0.39, 0.29) is 17.9 Å². The number of rotatable bonds is 8. The maximum absolute atomic E-state index is 11.9. The van der Waals surface area contributed by atoms with Gasteiger partial charge < -0.3 is 15.8 Å². The number of methoxy groups -OCH3 is 1. The monoisotopic (exact) mass is 230 g/mol. The summed E-state index contributed by atoms with van der Waals surface area (Å²) < 4.78 is 5.09. The molecule has 0 bridgehead atoms. The van der Waals surface area contributed by atoms with Crippen LogP contribution in [0.4, 0.5) is 0 Å². The fraction of sp³-hybridized carbons (Fsp3) is 0.917. The van der Waals surface area contributed by atoms with Crippen LogP contribution in [0.5, 0.6) is 0 Å². The van der Waals surface area contributed by atoms with Gasteiger partial charge in [0.15, 0.2) is 0 Å². The second kappa shape index (κ2) is 8.53. The predicted octanol–water partition coefficient (Wildman–Crippen LogP) is 1.15. The average molecular weight is 230 g/mol. The maximum Gasteiger partial charge on any atom is 0.224 e. The first kappa shape index (κ1) is 15.4. The van der Waals surface area contributed by atoms with E-state index in [1.165, 1.54) is 0 Å². The van der Waals surface area contributed by atoms with E-state index in [1.807, 2.05) is 0 Å². The van der Waals surface area contributed by atoms with Crippen LogP contribution in [0.3, 0.4) is 0 Å². The molecule has 0 spiro atoms. The summed E-state index contributed by atoms with van der Waals surface area (Å²) in [6.45, 7) is 7.16. The third kappa shape index (κ3) is 5.47. The topological polar surface area (TPSA) is 64.4 Å². The summed E-state index contributed by atoms with van der Waals surface area (Å²) in [6.07, 6.45) is 1.83. The van der Waals surface area contributed by atoms with E-state index < -0.39 is 0 Å². The van der Waals surface area contributed by atoms with E-state index in [0.29, 0.717) is 19.1 Å². The molecule has 0 aliphatic heterocycles. The van der Waals surface area contributed by atoms with Crippen molar-refractivity contribution in [2.45, 2.75) is 39.7 Å². The zero-order chi connectivity index (χ0) is 12.6. The minimum atomic E-state index is -0.0666. The van der Waals surface area contributed by atoms with Gasteiger partial charge in [-0.2, -0.15) is 0 Å². The largest absolute Gasteiger partial charge is 0.383 e. The van der Waals surface area contributed by atoms with Gasteiger partial charge in [0.2, 0.25) is 5.91 Å². The number of carbonyl (C=O) groups is 1. The summed E-state index contributed by atoms with van der Waals surface area (Å²) in [5.74, 6) is 0.354. The van der Waals surface area contributed by atoms with Crippen molar-refractivity contribution in [3.63, 3.8) is 0 Å². The molecular formula is C12H26N2O2. The standard InChI is InChI=1S/C12H26N2O2/c1-5-6-10(7-13)12(15)14-11(8-16-4)9(2)3/h9-11H,5-8,13H2,1-4H3,(H,14,15). The molecule has 2 atom stereocenters. The van der Waals surface area contributed by atoms with Gasteiger partial charge >= 0.3 is 0 Å². The van der Waals surface area contributed by atoms with Crippen LogP contribution in [0.25, 0.3) is 0 Å². The van der Waals surface area contributed by atoms with Gasteiger partial charge in [0, 0.05) is 13.7 Å². The summed E-state index contributed by atoms with van der Waals surface area (Å²) in [5.41, 5.74) is 5.59. The first-order valence-electron chi connectivity index (χ1n) is 6.06. The Labute approximate surface area is 98.9 Å². The summed E-state index contributed by atoms with van der Waals surface area (Å²) in [6, 6.07) is 0.0726. The van der Waals surface area contributed by atoms with Crippen LogP contribution in [0.15, 0.2) is 0 Å². The fourth-order valence-electron chi connectivity index (χ4n) is 1.59. The van der Waals surface area contributed by atoms with Crippen molar-refractivity contribution < 1.29 is 9.53 Å². The first-order valence-corrected chi connectivity index (χ1v) is 6.06. The third-order valence-corrected chi connectivity index (χ3v) is 2.77. The van der Waals surface area contributed by atoms with E-state index in [1.54, 1.807) is 7.11 Å². The number of ether oxygens (including phenoxy) is 1. The Balaban J connectivity index is 4.25. The van der Waals surface area contributed by atoms with Crippen molar-refractivity contribution in [3.8, 4) is 0 Å². The molecule has 0 saturated heterocycles. The molecule has 4 nitrogen and oxygen atoms in total. The summed E-state index contributed by atoms with van der Waals surface area (Å²) in [5, 5.41) is 3.01. The van der Waals surface area contributed by atoms with E-state index in [4.69, 9.17) is 10.5 Å². The molecule has 0 saturated carbocycles. The Morgan fingerprint density at radius 3 is 2.44 bits per heavy atom. The van der Waals surface area contributed by atoms with Crippen molar-refractivity contribution in [1.82, 2.24) is 5.32 Å². The van der Waals surface area contributed by atoms with E-state index >= 15 is 0 Å². The first-order chi connectivity index (χ1) is 7.56. The van der Waals surface area contributed by atoms with E-state index in [9.17, 15) is 4.79 Å². The Bertz CT molecular complexity index is 195. The molecule has 0 aliphatic rings. The highest BCUT2D eigenvalue weighted by atomic mass is 16.5. The molecule has 1 amide bonds. The van der Waals surface area contributed by atoms with Crippen molar-refractivity contribution in [2.75, 3.05) is 20.3 Å². The quantitative estimate of drug-likeness (QED) is 0.657. The highest BCUT2D eigenvalue weighted by molar-refractivity contribution is 5.79. The number of hydrogen-bond acceptors (Lipinski definition) is 3. The molecule has 0 aromatic rings. The Kier molecular flexibility index (Phi) is 8.21. The maximum atomic E-state index is 11.9. The second-order valence-corrected chi connectivity index (χ2v) is 4.54. The van der Waals surface area contributed by atoms with Crippen LogP contribution in [0, 0.1) is 11.8 Å². The van der Waals surface area contributed by atoms with Crippen LogP contribution >= 0.6 is 0 Å². The van der Waals surface area contributed by atoms with E-state index in [2.05, 4.69) is 26.1 Å². The number of nitrogens with one attached hydrogen (secondary N) is 1. The van der Waals surface area contributed by atoms with Crippen LogP contribution in [0.1, 0.15) is 33.6 Å². The molecule has 0 radical (unpaired) electrons. The molecule has 0 aromatic heterocycles. The fourth-order valence-corrected chi connectivity index (χ4v) is 1.59. The lowest BCUT2D eigenvalue weighted by Crippen LogP contribution is -2.45. The highest BCUT2D eigenvalue weighted by Crippen LogP contribution is 2.08. The van der Waals surface area contributed by atoms with Gasteiger partial charge in [0.1, 0.15) is 0 Å². The van der Waals surface area contributed by atoms with Crippen molar-refractivity contribution in [2.24, 2.45) is 17.6 Å². The molecule has 3 N–H and O–H groups in total. The molecular weight excluding hydrogens is 204 g/mol. The Morgan fingerprint density at radius 1 is 1.44 bits per heavy atom. The van der Waals surface area contributed by atoms with Crippen LogP contribution in [-0.2, 0) is 9.53 Å². The Morgan fingerprint density at radius 2 is 2.06 bits per heavy atom. The smallest absolute Gasteiger partial charge is 0.224 e. The summed E-state index contributed by atoms with van der Waals surface area (Å²) in [4.78, 5) is 11.9. The normalized spacial score (nSPS) is 14.9. The van der Waals surface area contributed by atoms with Gasteiger partial charge in [-0.3, -0.25) is 4.79 Å². The van der Waals surface area contributed by atoms with Gasteiger partial charge in [-0.25, -0.2) is 0 Å². The lowest BCUT2D eigenvalue weighted by atomic mass is 10.00. The average Bonchev–Trinajstić information content (AvgIpc) is 2.24. The van der Waals surface area contributed by atoms with Gasteiger partial charge in [-0.05, 0) is 12.3 Å². The lowest BCUT2D eigenvalue weighted by molar-refractivity contribution is -0.126. The van der Waals surface area contributed by atoms with Crippen LogP contribution < -0.4 is 11.1 Å². The number of nitrogens with two attached hydrogens (primary N) is 1. The number of hydrogen-bond donors (Lipinski definition) is 2. The summed E-state index contributed by atoms with van der Waals surface area (Å²) >= 11 is 0. The minimum absolute atomic E-state index is 0.0556. The van der Waals surface area contributed by atoms with Crippen molar-refractivity contribution in [1.29, 1.82) is 0 Å². The molecule has 96 valence electrons. The van der Waals surface area contributed by atoms with Gasteiger partial charge in [-0.15, -0.1) is 0 Å². The SMILES string of the molecule is CCCC(CN)C(=O)NC(COC)C(C)C. The molecule has 0 rings (SSSR count). The zero-order valence-corrected chi connectivity index (χ0v) is 11.0. The molecule has 0 heterocycles.